The Morgan fingerprint density at radius 3 is 2.40 bits per heavy atom. The molecule has 2 aromatic carbocycles. The maximum Gasteiger partial charge on any atom is 0.163 e. The molecule has 20 heavy (non-hydrogen) atoms. The van der Waals surface area contributed by atoms with Crippen LogP contribution in [0.5, 0.6) is 5.75 Å². The molecule has 0 heterocycles. The van der Waals surface area contributed by atoms with Crippen LogP contribution in [0.15, 0.2) is 48.5 Å². The summed E-state index contributed by atoms with van der Waals surface area (Å²) in [5, 5.41) is 0. The van der Waals surface area contributed by atoms with Gasteiger partial charge >= 0.3 is 0 Å². The van der Waals surface area contributed by atoms with Gasteiger partial charge in [0, 0.05) is 0 Å². The molecule has 0 bridgehead atoms. The maximum atomic E-state index is 11.8. The third-order valence-corrected chi connectivity index (χ3v) is 3.29. The summed E-state index contributed by atoms with van der Waals surface area (Å²) < 4.78 is 5.80. The molecule has 0 aliphatic carbocycles. The minimum absolute atomic E-state index is 0.0376. The normalized spacial score (nSPS) is 10.6. The minimum atomic E-state index is 0.0376. The number of ketones is 1. The van der Waals surface area contributed by atoms with E-state index in [9.17, 15) is 4.79 Å². The van der Waals surface area contributed by atoms with Crippen LogP contribution in [-0.2, 0) is 6.61 Å². The third-order valence-electron chi connectivity index (χ3n) is 3.29. The van der Waals surface area contributed by atoms with E-state index in [0.717, 1.165) is 11.1 Å². The minimum Gasteiger partial charge on any atom is -0.488 e. The molecule has 0 aromatic heterocycles. The Morgan fingerprint density at radius 2 is 1.80 bits per heavy atom. The fourth-order valence-electron chi connectivity index (χ4n) is 2.04. The summed E-state index contributed by atoms with van der Waals surface area (Å²) in [7, 11) is 0. The molecule has 0 fully saturated rings. The quantitative estimate of drug-likeness (QED) is 0.741. The Bertz CT molecular complexity index is 586. The maximum absolute atomic E-state index is 11.8. The first-order valence-electron chi connectivity index (χ1n) is 6.89. The van der Waals surface area contributed by atoms with Crippen LogP contribution >= 0.6 is 0 Å². The Morgan fingerprint density at radius 1 is 1.10 bits per heavy atom. The fourth-order valence-corrected chi connectivity index (χ4v) is 2.04. The molecule has 0 aliphatic rings. The average molecular weight is 268 g/mol. The molecule has 0 saturated heterocycles. The highest BCUT2D eigenvalue weighted by Crippen LogP contribution is 2.25. The van der Waals surface area contributed by atoms with Crippen LogP contribution in [0.25, 0.3) is 0 Å². The van der Waals surface area contributed by atoms with E-state index in [-0.39, 0.29) is 5.78 Å². The van der Waals surface area contributed by atoms with Crippen molar-refractivity contribution < 1.29 is 9.53 Å². The molecule has 0 atom stereocenters. The second-order valence-corrected chi connectivity index (χ2v) is 5.24. The Hall–Kier alpha value is -2.09. The van der Waals surface area contributed by atoms with Gasteiger partial charge in [-0.25, -0.2) is 0 Å². The van der Waals surface area contributed by atoms with Crippen molar-refractivity contribution in [1.29, 1.82) is 0 Å². The van der Waals surface area contributed by atoms with Crippen LogP contribution in [0, 0.1) is 0 Å². The molecular weight excluding hydrogens is 248 g/mol. The van der Waals surface area contributed by atoms with Crippen LogP contribution in [0.3, 0.4) is 0 Å². The first-order valence-corrected chi connectivity index (χ1v) is 6.89. The van der Waals surface area contributed by atoms with E-state index in [1.807, 2.05) is 48.5 Å². The van der Waals surface area contributed by atoms with Crippen molar-refractivity contribution in [2.45, 2.75) is 33.3 Å². The molecule has 0 amide bonds. The van der Waals surface area contributed by atoms with Gasteiger partial charge in [0.05, 0.1) is 5.56 Å². The van der Waals surface area contributed by atoms with E-state index in [1.165, 1.54) is 0 Å². The standard InChI is InChI=1S/C18H20O2/c1-13(2)16-9-10-18(17(11-16)14(3)19)20-12-15-7-5-4-6-8-15/h4-11,13H,12H2,1-3H3. The molecule has 2 nitrogen and oxygen atoms in total. The predicted molar refractivity (Wildman–Crippen MR) is 81.3 cm³/mol. The van der Waals surface area contributed by atoms with Gasteiger partial charge in [0.1, 0.15) is 12.4 Å². The van der Waals surface area contributed by atoms with Gasteiger partial charge < -0.3 is 4.74 Å². The van der Waals surface area contributed by atoms with Gasteiger partial charge in [0.2, 0.25) is 0 Å². The van der Waals surface area contributed by atoms with Crippen LogP contribution in [0.2, 0.25) is 0 Å². The highest BCUT2D eigenvalue weighted by molar-refractivity contribution is 5.97. The zero-order valence-electron chi connectivity index (χ0n) is 12.2. The molecule has 2 aromatic rings. The molecule has 0 spiro atoms. The predicted octanol–water partition coefficient (Wildman–Crippen LogP) is 4.59. The van der Waals surface area contributed by atoms with Gasteiger partial charge in [-0.2, -0.15) is 0 Å². The second kappa shape index (κ2) is 6.38. The molecule has 2 rings (SSSR count). The number of benzene rings is 2. The molecule has 104 valence electrons. The smallest absolute Gasteiger partial charge is 0.163 e. The monoisotopic (exact) mass is 268 g/mol. The lowest BCUT2D eigenvalue weighted by Crippen LogP contribution is -2.03. The van der Waals surface area contributed by atoms with Crippen molar-refractivity contribution in [2.75, 3.05) is 0 Å². The third kappa shape index (κ3) is 3.47. The summed E-state index contributed by atoms with van der Waals surface area (Å²) in [6.07, 6.45) is 0. The van der Waals surface area contributed by atoms with E-state index in [0.29, 0.717) is 23.8 Å². The second-order valence-electron chi connectivity index (χ2n) is 5.24. The van der Waals surface area contributed by atoms with E-state index in [4.69, 9.17) is 4.74 Å². The number of hydrogen-bond donors (Lipinski definition) is 0. The highest BCUT2D eigenvalue weighted by atomic mass is 16.5. The lowest BCUT2D eigenvalue weighted by molar-refractivity contribution is 0.101. The van der Waals surface area contributed by atoms with Crippen LogP contribution < -0.4 is 4.74 Å². The SMILES string of the molecule is CC(=O)c1cc(C(C)C)ccc1OCc1ccccc1. The Kier molecular flexibility index (Phi) is 4.57. The molecular formula is C18H20O2. The number of carbonyl (C=O) groups excluding carboxylic acids is 1. The van der Waals surface area contributed by atoms with E-state index in [1.54, 1.807) is 6.92 Å². The van der Waals surface area contributed by atoms with Gasteiger partial charge in [-0.15, -0.1) is 0 Å². The lowest BCUT2D eigenvalue weighted by atomic mass is 9.99. The molecule has 0 radical (unpaired) electrons. The summed E-state index contributed by atoms with van der Waals surface area (Å²) in [5.41, 5.74) is 2.91. The number of rotatable bonds is 5. The van der Waals surface area contributed by atoms with E-state index >= 15 is 0 Å². The molecule has 0 unspecified atom stereocenters. The lowest BCUT2D eigenvalue weighted by Gasteiger charge is -2.13. The summed E-state index contributed by atoms with van der Waals surface area (Å²) in [5.74, 6) is 1.09. The van der Waals surface area contributed by atoms with Gasteiger partial charge in [0.25, 0.3) is 0 Å². The highest BCUT2D eigenvalue weighted by Gasteiger charge is 2.11. The van der Waals surface area contributed by atoms with Crippen molar-refractivity contribution in [3.05, 3.63) is 65.2 Å². The largest absolute Gasteiger partial charge is 0.488 e. The zero-order valence-corrected chi connectivity index (χ0v) is 12.2. The summed E-state index contributed by atoms with van der Waals surface area (Å²) >= 11 is 0. The van der Waals surface area contributed by atoms with Crippen molar-refractivity contribution >= 4 is 5.78 Å². The van der Waals surface area contributed by atoms with Crippen LogP contribution in [0.4, 0.5) is 0 Å². The van der Waals surface area contributed by atoms with Crippen molar-refractivity contribution in [1.82, 2.24) is 0 Å². The van der Waals surface area contributed by atoms with Gasteiger partial charge in [0.15, 0.2) is 5.78 Å². The number of carbonyl (C=O) groups is 1. The Balaban J connectivity index is 2.21. The Labute approximate surface area is 120 Å². The summed E-state index contributed by atoms with van der Waals surface area (Å²) in [6.45, 7) is 6.28. The number of hydrogen-bond acceptors (Lipinski definition) is 2. The number of Topliss-reactive ketones (excluding diaryl/α,β-unsaturated/α-hetero) is 1. The first-order chi connectivity index (χ1) is 9.58. The number of ether oxygens (including phenoxy) is 1. The van der Waals surface area contributed by atoms with Crippen molar-refractivity contribution in [3.63, 3.8) is 0 Å². The van der Waals surface area contributed by atoms with Crippen molar-refractivity contribution in [3.8, 4) is 5.75 Å². The molecule has 0 saturated carbocycles. The fraction of sp³-hybridized carbons (Fsp3) is 0.278. The average Bonchev–Trinajstić information content (AvgIpc) is 2.45. The van der Waals surface area contributed by atoms with Crippen LogP contribution in [0.1, 0.15) is 48.2 Å². The van der Waals surface area contributed by atoms with E-state index < -0.39 is 0 Å². The topological polar surface area (TPSA) is 26.3 Å². The van der Waals surface area contributed by atoms with Gasteiger partial charge in [-0.1, -0.05) is 50.2 Å². The zero-order chi connectivity index (χ0) is 14.5. The van der Waals surface area contributed by atoms with Gasteiger partial charge in [-0.05, 0) is 36.1 Å². The van der Waals surface area contributed by atoms with E-state index in [2.05, 4.69) is 13.8 Å². The van der Waals surface area contributed by atoms with Crippen molar-refractivity contribution in [2.24, 2.45) is 0 Å². The molecule has 0 N–H and O–H groups in total. The first kappa shape index (κ1) is 14.3. The van der Waals surface area contributed by atoms with Crippen LogP contribution in [-0.4, -0.2) is 5.78 Å². The molecule has 2 heteroatoms. The molecule has 0 aliphatic heterocycles. The summed E-state index contributed by atoms with van der Waals surface area (Å²) in [4.78, 5) is 11.8. The van der Waals surface area contributed by atoms with Gasteiger partial charge in [-0.3, -0.25) is 4.79 Å². The summed E-state index contributed by atoms with van der Waals surface area (Å²) in [6, 6.07) is 15.8.